The maximum atomic E-state index is 13.7. The fraction of sp³-hybridized carbons (Fsp3) is 0.458. The van der Waals surface area contributed by atoms with Crippen molar-refractivity contribution in [2.75, 3.05) is 26.3 Å². The number of halogens is 2. The van der Waals surface area contributed by atoms with Crippen LogP contribution in [0.25, 0.3) is 0 Å². The molecule has 0 saturated carbocycles. The molecule has 0 aliphatic carbocycles. The van der Waals surface area contributed by atoms with E-state index in [1.54, 1.807) is 6.07 Å². The van der Waals surface area contributed by atoms with Gasteiger partial charge in [0.2, 0.25) is 0 Å². The first kappa shape index (κ1) is 23.7. The van der Waals surface area contributed by atoms with E-state index >= 15 is 0 Å². The number of rotatable bonds is 11. The van der Waals surface area contributed by atoms with Crippen LogP contribution in [0.15, 0.2) is 53.7 Å². The predicted molar refractivity (Wildman–Crippen MR) is 121 cm³/mol. The molecule has 7 heteroatoms. The topological polar surface area (TPSA) is 54.3 Å². The van der Waals surface area contributed by atoms with Gasteiger partial charge in [-0.15, -0.1) is 0 Å². The molecule has 31 heavy (non-hydrogen) atoms. The van der Waals surface area contributed by atoms with Crippen molar-refractivity contribution in [1.82, 2.24) is 4.90 Å². The van der Waals surface area contributed by atoms with Crippen molar-refractivity contribution in [1.29, 1.82) is 0 Å². The van der Waals surface area contributed by atoms with Gasteiger partial charge in [-0.1, -0.05) is 60.9 Å². The molecule has 1 aliphatic heterocycles. The fourth-order valence-corrected chi connectivity index (χ4v) is 3.80. The molecule has 1 heterocycles. The molecule has 0 saturated heterocycles. The monoisotopic (exact) mass is 448 g/mol. The van der Waals surface area contributed by atoms with E-state index in [1.165, 1.54) is 12.1 Å². The standard InChI is InChI=1S/C24H30ClFN2O3/c1-17(2)15-30-16-20(29)13-28(12-18-6-5-7-19(26)10-18)14-21-11-24(27-31-21)22-8-3-4-9-23(22)25/h3-10,17,20-21,29H,11-16H2,1-2H3. The summed E-state index contributed by atoms with van der Waals surface area (Å²) in [5.74, 6) is 0.127. The van der Waals surface area contributed by atoms with Crippen LogP contribution in [0.1, 0.15) is 31.4 Å². The zero-order valence-electron chi connectivity index (χ0n) is 18.0. The molecule has 0 bridgehead atoms. The summed E-state index contributed by atoms with van der Waals surface area (Å²) < 4.78 is 19.2. The molecule has 2 atom stereocenters. The number of nitrogens with zero attached hydrogens (tertiary/aromatic N) is 2. The van der Waals surface area contributed by atoms with Crippen LogP contribution in [0.2, 0.25) is 5.02 Å². The van der Waals surface area contributed by atoms with Gasteiger partial charge in [-0.25, -0.2) is 4.39 Å². The van der Waals surface area contributed by atoms with Crippen molar-refractivity contribution in [3.8, 4) is 0 Å². The molecule has 0 aromatic heterocycles. The lowest BCUT2D eigenvalue weighted by molar-refractivity contribution is -0.00735. The maximum Gasteiger partial charge on any atom is 0.145 e. The summed E-state index contributed by atoms with van der Waals surface area (Å²) in [5, 5.41) is 15.3. The SMILES string of the molecule is CC(C)COCC(O)CN(Cc1cccc(F)c1)CC1CC(c2ccccc2Cl)=NO1. The van der Waals surface area contributed by atoms with Crippen LogP contribution >= 0.6 is 11.6 Å². The molecule has 0 fully saturated rings. The number of hydrogen-bond acceptors (Lipinski definition) is 5. The van der Waals surface area contributed by atoms with E-state index in [9.17, 15) is 9.50 Å². The Bertz CT molecular complexity index is 877. The van der Waals surface area contributed by atoms with E-state index in [-0.39, 0.29) is 18.5 Å². The molecule has 1 aliphatic rings. The third-order valence-electron chi connectivity index (χ3n) is 4.91. The van der Waals surface area contributed by atoms with Gasteiger partial charge in [0.05, 0.1) is 18.4 Å². The first-order valence-corrected chi connectivity index (χ1v) is 11.0. The van der Waals surface area contributed by atoms with Crippen LogP contribution in [0.3, 0.4) is 0 Å². The first-order valence-electron chi connectivity index (χ1n) is 10.6. The highest BCUT2D eigenvalue weighted by Gasteiger charge is 2.26. The number of benzene rings is 2. The lowest BCUT2D eigenvalue weighted by Crippen LogP contribution is -2.39. The van der Waals surface area contributed by atoms with Gasteiger partial charge in [0.25, 0.3) is 0 Å². The zero-order valence-corrected chi connectivity index (χ0v) is 18.8. The summed E-state index contributed by atoms with van der Waals surface area (Å²) in [6.07, 6.45) is -0.218. The number of aliphatic hydroxyl groups excluding tert-OH is 1. The molecule has 2 aromatic carbocycles. The van der Waals surface area contributed by atoms with Crippen LogP contribution < -0.4 is 0 Å². The second-order valence-electron chi connectivity index (χ2n) is 8.36. The molecular formula is C24H30ClFN2O3. The minimum Gasteiger partial charge on any atom is -0.390 e. The zero-order chi connectivity index (χ0) is 22.2. The van der Waals surface area contributed by atoms with E-state index in [1.807, 2.05) is 35.2 Å². The van der Waals surface area contributed by atoms with Crippen molar-refractivity contribution >= 4 is 17.3 Å². The molecule has 3 rings (SSSR count). The van der Waals surface area contributed by atoms with Crippen LogP contribution in [0, 0.1) is 11.7 Å². The summed E-state index contributed by atoms with van der Waals surface area (Å²) in [5.41, 5.74) is 2.51. The van der Waals surface area contributed by atoms with E-state index in [0.717, 1.165) is 16.8 Å². The highest BCUT2D eigenvalue weighted by molar-refractivity contribution is 6.34. The third kappa shape index (κ3) is 7.58. The Morgan fingerprint density at radius 2 is 2.03 bits per heavy atom. The van der Waals surface area contributed by atoms with Crippen LogP contribution in [-0.4, -0.2) is 54.2 Å². The van der Waals surface area contributed by atoms with Crippen molar-refractivity contribution in [3.63, 3.8) is 0 Å². The van der Waals surface area contributed by atoms with Crippen LogP contribution in [-0.2, 0) is 16.1 Å². The summed E-state index contributed by atoms with van der Waals surface area (Å²) >= 11 is 6.29. The number of ether oxygens (including phenoxy) is 1. The van der Waals surface area contributed by atoms with Gasteiger partial charge in [-0.3, -0.25) is 4.90 Å². The van der Waals surface area contributed by atoms with E-state index in [2.05, 4.69) is 19.0 Å². The largest absolute Gasteiger partial charge is 0.390 e. The molecule has 1 N–H and O–H groups in total. The molecule has 168 valence electrons. The Morgan fingerprint density at radius 1 is 1.23 bits per heavy atom. The summed E-state index contributed by atoms with van der Waals surface area (Å²) in [4.78, 5) is 7.71. The lowest BCUT2D eigenvalue weighted by atomic mass is 10.0. The predicted octanol–water partition coefficient (Wildman–Crippen LogP) is 4.51. The highest BCUT2D eigenvalue weighted by Crippen LogP contribution is 2.23. The average molecular weight is 449 g/mol. The van der Waals surface area contributed by atoms with Gasteiger partial charge in [0.1, 0.15) is 11.9 Å². The van der Waals surface area contributed by atoms with Gasteiger partial charge >= 0.3 is 0 Å². The molecule has 2 aromatic rings. The van der Waals surface area contributed by atoms with Gasteiger partial charge < -0.3 is 14.7 Å². The van der Waals surface area contributed by atoms with Crippen LogP contribution in [0.5, 0.6) is 0 Å². The van der Waals surface area contributed by atoms with E-state index in [4.69, 9.17) is 21.2 Å². The quantitative estimate of drug-likeness (QED) is 0.549. The van der Waals surface area contributed by atoms with E-state index in [0.29, 0.717) is 43.6 Å². The molecule has 0 amide bonds. The van der Waals surface area contributed by atoms with Crippen molar-refractivity contribution < 1.29 is 19.1 Å². The minimum absolute atomic E-state index is 0.177. The fourth-order valence-electron chi connectivity index (χ4n) is 3.56. The first-order chi connectivity index (χ1) is 14.9. The van der Waals surface area contributed by atoms with Gasteiger partial charge in [0.15, 0.2) is 0 Å². The highest BCUT2D eigenvalue weighted by atomic mass is 35.5. The molecule has 0 radical (unpaired) electrons. The number of hydrogen-bond donors (Lipinski definition) is 1. The second-order valence-corrected chi connectivity index (χ2v) is 8.77. The Balaban J connectivity index is 1.61. The Labute approximate surface area is 188 Å². The number of oxime groups is 1. The Hall–Kier alpha value is -1.99. The lowest BCUT2D eigenvalue weighted by Gasteiger charge is -2.27. The van der Waals surface area contributed by atoms with Gasteiger partial charge in [-0.05, 0) is 29.7 Å². The molecule has 2 unspecified atom stereocenters. The summed E-state index contributed by atoms with van der Waals surface area (Å²) in [6.45, 7) is 6.39. The van der Waals surface area contributed by atoms with Gasteiger partial charge in [-0.2, -0.15) is 0 Å². The Morgan fingerprint density at radius 3 is 2.77 bits per heavy atom. The van der Waals surface area contributed by atoms with Crippen molar-refractivity contribution in [2.45, 2.75) is 39.0 Å². The van der Waals surface area contributed by atoms with Crippen LogP contribution in [0.4, 0.5) is 4.39 Å². The second kappa shape index (κ2) is 11.6. The summed E-state index contributed by atoms with van der Waals surface area (Å²) in [7, 11) is 0. The number of aliphatic hydroxyl groups is 1. The van der Waals surface area contributed by atoms with E-state index < -0.39 is 6.10 Å². The average Bonchev–Trinajstić information content (AvgIpc) is 3.16. The minimum atomic E-state index is -0.655. The summed E-state index contributed by atoms with van der Waals surface area (Å²) in [6, 6.07) is 14.0. The third-order valence-corrected chi connectivity index (χ3v) is 5.23. The van der Waals surface area contributed by atoms with Crippen molar-refractivity contribution in [2.24, 2.45) is 11.1 Å². The molecule has 5 nitrogen and oxygen atoms in total. The molecule has 0 spiro atoms. The maximum absolute atomic E-state index is 13.7. The smallest absolute Gasteiger partial charge is 0.145 e. The van der Waals surface area contributed by atoms with Crippen molar-refractivity contribution in [3.05, 3.63) is 70.5 Å². The Kier molecular flexibility index (Phi) is 8.84. The molecular weight excluding hydrogens is 419 g/mol. The van der Waals surface area contributed by atoms with Gasteiger partial charge in [0, 0.05) is 43.2 Å². The normalized spacial score (nSPS) is 17.1.